The Kier molecular flexibility index (Phi) is 3.85. The molecule has 5 nitrogen and oxygen atoms in total. The molecule has 2 N–H and O–H groups in total. The topological polar surface area (TPSA) is 64.3 Å². The summed E-state index contributed by atoms with van der Waals surface area (Å²) in [6.45, 7) is 2.04. The van der Waals surface area contributed by atoms with E-state index >= 15 is 0 Å². The van der Waals surface area contributed by atoms with Crippen LogP contribution in [-0.2, 0) is 6.42 Å². The van der Waals surface area contributed by atoms with Crippen LogP contribution in [0.25, 0.3) is 0 Å². The van der Waals surface area contributed by atoms with Gasteiger partial charge in [0.1, 0.15) is 23.7 Å². The molecule has 2 aromatic rings. The van der Waals surface area contributed by atoms with Gasteiger partial charge in [-0.1, -0.05) is 6.92 Å². The molecule has 0 unspecified atom stereocenters. The van der Waals surface area contributed by atoms with Gasteiger partial charge in [0.15, 0.2) is 0 Å². The molecule has 0 aliphatic carbocycles. The highest BCUT2D eigenvalue weighted by Crippen LogP contribution is 2.28. The molecule has 1 aromatic carbocycles. The maximum absolute atomic E-state index is 5.90. The number of nitrogens with zero attached hydrogens (tertiary/aromatic N) is 3. The predicted octanol–water partition coefficient (Wildman–Crippen LogP) is 2.40. The normalized spacial score (nSPS) is 10.3. The van der Waals surface area contributed by atoms with E-state index < -0.39 is 0 Å². The molecule has 5 heteroatoms. The number of methoxy groups -OCH3 is 1. The van der Waals surface area contributed by atoms with E-state index in [1.165, 1.54) is 6.33 Å². The van der Waals surface area contributed by atoms with E-state index in [0.717, 1.165) is 29.2 Å². The molecule has 19 heavy (non-hydrogen) atoms. The molecule has 2 rings (SSSR count). The van der Waals surface area contributed by atoms with Crippen molar-refractivity contribution in [2.75, 3.05) is 24.8 Å². The minimum absolute atomic E-state index is 0.535. The smallest absolute Gasteiger partial charge is 0.141 e. The Morgan fingerprint density at radius 3 is 2.47 bits per heavy atom. The third-order valence-electron chi connectivity index (χ3n) is 3.09. The summed E-state index contributed by atoms with van der Waals surface area (Å²) in [6.07, 6.45) is 2.28. The largest absolute Gasteiger partial charge is 0.497 e. The molecule has 0 atom stereocenters. The second-order valence-corrected chi connectivity index (χ2v) is 4.17. The lowest BCUT2D eigenvalue weighted by atomic mass is 10.2. The van der Waals surface area contributed by atoms with Crippen LogP contribution < -0.4 is 15.4 Å². The number of nitrogen functional groups attached to an aromatic ring is 1. The molecule has 0 bridgehead atoms. The van der Waals surface area contributed by atoms with Gasteiger partial charge in [0.05, 0.1) is 7.11 Å². The second kappa shape index (κ2) is 5.56. The van der Waals surface area contributed by atoms with E-state index in [0.29, 0.717) is 5.82 Å². The van der Waals surface area contributed by atoms with E-state index in [4.69, 9.17) is 10.5 Å². The monoisotopic (exact) mass is 258 g/mol. The van der Waals surface area contributed by atoms with Gasteiger partial charge in [-0.2, -0.15) is 0 Å². The van der Waals surface area contributed by atoms with Crippen molar-refractivity contribution >= 4 is 17.3 Å². The lowest BCUT2D eigenvalue weighted by Crippen LogP contribution is -2.15. The van der Waals surface area contributed by atoms with Gasteiger partial charge in [-0.05, 0) is 30.7 Å². The van der Waals surface area contributed by atoms with Crippen molar-refractivity contribution < 1.29 is 4.74 Å². The molecule has 100 valence electrons. The van der Waals surface area contributed by atoms with Gasteiger partial charge >= 0.3 is 0 Å². The molecular formula is C14H18N4O. The maximum atomic E-state index is 5.90. The van der Waals surface area contributed by atoms with Crippen LogP contribution in [0.2, 0.25) is 0 Å². The summed E-state index contributed by atoms with van der Waals surface area (Å²) in [6, 6.07) is 7.80. The number of nitrogens with two attached hydrogens (primary N) is 1. The van der Waals surface area contributed by atoms with Crippen LogP contribution in [0.5, 0.6) is 5.75 Å². The van der Waals surface area contributed by atoms with Crippen LogP contribution in [-0.4, -0.2) is 24.1 Å². The third kappa shape index (κ3) is 2.59. The SMILES string of the molecule is CCc1c(N)ncnc1N(C)c1ccc(OC)cc1. The van der Waals surface area contributed by atoms with E-state index in [2.05, 4.69) is 9.97 Å². The van der Waals surface area contributed by atoms with Crippen molar-refractivity contribution in [2.24, 2.45) is 0 Å². The maximum Gasteiger partial charge on any atom is 0.141 e. The zero-order valence-electron chi connectivity index (χ0n) is 11.4. The Morgan fingerprint density at radius 1 is 1.21 bits per heavy atom. The number of hydrogen-bond donors (Lipinski definition) is 1. The van der Waals surface area contributed by atoms with Gasteiger partial charge in [-0.3, -0.25) is 0 Å². The highest BCUT2D eigenvalue weighted by molar-refractivity contribution is 5.66. The molecule has 0 spiro atoms. The highest BCUT2D eigenvalue weighted by Gasteiger charge is 2.13. The summed E-state index contributed by atoms with van der Waals surface area (Å²) >= 11 is 0. The first-order valence-electron chi connectivity index (χ1n) is 6.14. The minimum atomic E-state index is 0.535. The van der Waals surface area contributed by atoms with Crippen LogP contribution >= 0.6 is 0 Å². The summed E-state index contributed by atoms with van der Waals surface area (Å²) in [5.74, 6) is 2.20. The lowest BCUT2D eigenvalue weighted by Gasteiger charge is -2.21. The van der Waals surface area contributed by atoms with Crippen LogP contribution in [0.4, 0.5) is 17.3 Å². The second-order valence-electron chi connectivity index (χ2n) is 4.17. The van der Waals surface area contributed by atoms with Crippen LogP contribution in [0.1, 0.15) is 12.5 Å². The molecular weight excluding hydrogens is 240 g/mol. The number of ether oxygens (including phenoxy) is 1. The minimum Gasteiger partial charge on any atom is -0.497 e. The molecule has 0 radical (unpaired) electrons. The van der Waals surface area contributed by atoms with E-state index in [1.54, 1.807) is 7.11 Å². The Hall–Kier alpha value is -2.30. The Labute approximate surface area is 113 Å². The summed E-state index contributed by atoms with van der Waals surface area (Å²) < 4.78 is 5.15. The number of anilines is 3. The van der Waals surface area contributed by atoms with E-state index in [1.807, 2.05) is 43.1 Å². The van der Waals surface area contributed by atoms with Crippen LogP contribution in [0.15, 0.2) is 30.6 Å². The fourth-order valence-corrected chi connectivity index (χ4v) is 1.97. The standard InChI is InChI=1S/C14H18N4O/c1-4-12-13(15)16-9-17-14(12)18(2)10-5-7-11(19-3)8-6-10/h5-9H,4H2,1-3H3,(H2,15,16,17). The van der Waals surface area contributed by atoms with Crippen LogP contribution in [0.3, 0.4) is 0 Å². The van der Waals surface area contributed by atoms with Gasteiger partial charge < -0.3 is 15.4 Å². The summed E-state index contributed by atoms with van der Waals surface area (Å²) in [5.41, 5.74) is 7.88. The Balaban J connectivity index is 2.37. The zero-order chi connectivity index (χ0) is 13.8. The first kappa shape index (κ1) is 13.1. The molecule has 0 aliphatic rings. The molecule has 0 aliphatic heterocycles. The number of aromatic nitrogens is 2. The molecule has 0 amide bonds. The van der Waals surface area contributed by atoms with Crippen molar-refractivity contribution in [3.63, 3.8) is 0 Å². The molecule has 0 saturated heterocycles. The first-order chi connectivity index (χ1) is 9.17. The lowest BCUT2D eigenvalue weighted by molar-refractivity contribution is 0.415. The van der Waals surface area contributed by atoms with Crippen molar-refractivity contribution in [2.45, 2.75) is 13.3 Å². The molecule has 1 heterocycles. The van der Waals surface area contributed by atoms with E-state index in [9.17, 15) is 0 Å². The van der Waals surface area contributed by atoms with E-state index in [-0.39, 0.29) is 0 Å². The van der Waals surface area contributed by atoms with Gasteiger partial charge in [0.25, 0.3) is 0 Å². The van der Waals surface area contributed by atoms with Crippen molar-refractivity contribution in [1.29, 1.82) is 0 Å². The van der Waals surface area contributed by atoms with Gasteiger partial charge in [0, 0.05) is 18.3 Å². The molecule has 0 fully saturated rings. The van der Waals surface area contributed by atoms with Crippen molar-refractivity contribution in [1.82, 2.24) is 9.97 Å². The molecule has 0 saturated carbocycles. The fourth-order valence-electron chi connectivity index (χ4n) is 1.97. The third-order valence-corrected chi connectivity index (χ3v) is 3.09. The predicted molar refractivity (Wildman–Crippen MR) is 76.9 cm³/mol. The summed E-state index contributed by atoms with van der Waals surface area (Å²) in [7, 11) is 3.61. The van der Waals surface area contributed by atoms with Gasteiger partial charge in [0.2, 0.25) is 0 Å². The Morgan fingerprint density at radius 2 is 1.89 bits per heavy atom. The quantitative estimate of drug-likeness (QED) is 0.912. The Bertz CT molecular complexity index is 554. The number of hydrogen-bond acceptors (Lipinski definition) is 5. The first-order valence-corrected chi connectivity index (χ1v) is 6.14. The van der Waals surface area contributed by atoms with Crippen molar-refractivity contribution in [3.05, 3.63) is 36.2 Å². The number of benzene rings is 1. The average Bonchev–Trinajstić information content (AvgIpc) is 2.46. The van der Waals surface area contributed by atoms with Crippen LogP contribution in [0, 0.1) is 0 Å². The molecule has 1 aromatic heterocycles. The van der Waals surface area contributed by atoms with Crippen molar-refractivity contribution in [3.8, 4) is 5.75 Å². The summed E-state index contributed by atoms with van der Waals surface area (Å²) in [4.78, 5) is 10.4. The highest BCUT2D eigenvalue weighted by atomic mass is 16.5. The zero-order valence-corrected chi connectivity index (χ0v) is 11.4. The fraction of sp³-hybridized carbons (Fsp3) is 0.286. The summed E-state index contributed by atoms with van der Waals surface area (Å²) in [5, 5.41) is 0. The average molecular weight is 258 g/mol. The van der Waals surface area contributed by atoms with Gasteiger partial charge in [-0.25, -0.2) is 9.97 Å². The number of rotatable bonds is 4. The van der Waals surface area contributed by atoms with Gasteiger partial charge in [-0.15, -0.1) is 0 Å².